The van der Waals surface area contributed by atoms with Gasteiger partial charge >= 0.3 is 5.97 Å². The molecule has 1 spiro atoms. The molecule has 8 atom stereocenters. The zero-order chi connectivity index (χ0) is 36.3. The van der Waals surface area contributed by atoms with Crippen molar-refractivity contribution in [3.63, 3.8) is 0 Å². The van der Waals surface area contributed by atoms with E-state index < -0.39 is 53.6 Å². The van der Waals surface area contributed by atoms with Crippen LogP contribution in [0.15, 0.2) is 73.8 Å². The van der Waals surface area contributed by atoms with Crippen molar-refractivity contribution < 1.29 is 33.8 Å². The van der Waals surface area contributed by atoms with Gasteiger partial charge in [0.1, 0.15) is 17.7 Å². The predicted molar refractivity (Wildman–Crippen MR) is 194 cm³/mol. The van der Waals surface area contributed by atoms with Gasteiger partial charge in [0.25, 0.3) is 5.91 Å². The number of likely N-dealkylation sites (tertiary alicyclic amines) is 1. The third kappa shape index (κ3) is 6.79. The number of hydrogen-bond acceptors (Lipinski definition) is 7. The zero-order valence-corrected chi connectivity index (χ0v) is 30.8. The van der Waals surface area contributed by atoms with E-state index in [1.807, 2.05) is 76.2 Å². The summed E-state index contributed by atoms with van der Waals surface area (Å²) < 4.78 is 12.9. The lowest BCUT2D eigenvalue weighted by Gasteiger charge is -2.41. The summed E-state index contributed by atoms with van der Waals surface area (Å²) in [5.74, 6) is -3.92. The van der Waals surface area contributed by atoms with Gasteiger partial charge < -0.3 is 29.7 Å². The Morgan fingerprint density at radius 1 is 1.12 bits per heavy atom. The van der Waals surface area contributed by atoms with Crippen LogP contribution < -0.4 is 10.2 Å². The number of halogens is 1. The standard InChI is InChI=1S/C39H48BrN3O7/c1-7-9-18-30(45)41-21-29(26-16-11-10-12-17-26)49-38(48)31-32-36(46)43(28(22-44)23(3)4)35(39(32)20-27(40)34(31)50-39)37(47)42(19-8-2)33-24(5)14-13-15-25(33)6/h7-8,10-17,23,27-29,31-32,34-35,44H,1-2,9,18-22H2,3-6H3,(H,41,45)/t27?,28-,29-,31-,32+,34-,35-,39+/m0/s1. The first-order valence-corrected chi connectivity index (χ1v) is 18.2. The van der Waals surface area contributed by atoms with Crippen molar-refractivity contribution in [2.24, 2.45) is 17.8 Å². The Balaban J connectivity index is 1.55. The van der Waals surface area contributed by atoms with Gasteiger partial charge in [-0.3, -0.25) is 19.2 Å². The molecule has 11 heteroatoms. The molecular formula is C39H48BrN3O7. The minimum Gasteiger partial charge on any atom is -0.455 e. The average Bonchev–Trinajstić information content (AvgIpc) is 3.68. The summed E-state index contributed by atoms with van der Waals surface area (Å²) in [4.78, 5) is 59.5. The smallest absolute Gasteiger partial charge is 0.313 e. The Labute approximate surface area is 303 Å². The molecule has 0 radical (unpaired) electrons. The predicted octanol–water partition coefficient (Wildman–Crippen LogP) is 4.95. The highest BCUT2D eigenvalue weighted by Crippen LogP contribution is 2.61. The van der Waals surface area contributed by atoms with E-state index in [4.69, 9.17) is 9.47 Å². The molecule has 2 N–H and O–H groups in total. The first-order chi connectivity index (χ1) is 23.9. The number of rotatable bonds is 15. The first kappa shape index (κ1) is 37.5. The molecule has 3 aliphatic heterocycles. The second-order valence-electron chi connectivity index (χ2n) is 13.8. The number of hydrogen-bond donors (Lipinski definition) is 2. The molecule has 50 heavy (non-hydrogen) atoms. The number of aliphatic hydroxyl groups excluding tert-OH is 1. The molecule has 0 aromatic heterocycles. The second kappa shape index (κ2) is 15.6. The second-order valence-corrected chi connectivity index (χ2v) is 15.0. The number of aliphatic hydroxyl groups is 1. The molecule has 3 fully saturated rings. The highest BCUT2D eigenvalue weighted by Gasteiger charge is 2.77. The number of carbonyl (C=O) groups is 4. The van der Waals surface area contributed by atoms with Crippen molar-refractivity contribution in [2.45, 2.75) is 81.7 Å². The van der Waals surface area contributed by atoms with Gasteiger partial charge in [0.05, 0.1) is 37.1 Å². The fourth-order valence-electron chi connectivity index (χ4n) is 8.04. The maximum absolute atomic E-state index is 15.1. The SMILES string of the molecule is C=CCCC(=O)NC[C@H](OC(=O)[C@@H]1[C@H]2O[C@@]3(CC2Br)[C@H](C(=O)N(CC=C)c2c(C)cccc2C)N([C@@H](CO)C(C)C)C(=O)[C@@H]13)c1ccccc1. The first-order valence-electron chi connectivity index (χ1n) is 17.3. The molecule has 3 amide bonds. The number of para-hydroxylation sites is 1. The lowest BCUT2D eigenvalue weighted by molar-refractivity contribution is -0.161. The topological polar surface area (TPSA) is 125 Å². The number of benzene rings is 2. The fraction of sp³-hybridized carbons (Fsp3) is 0.487. The number of amides is 3. The Hall–Kier alpha value is -3.80. The fourth-order valence-corrected chi connectivity index (χ4v) is 8.98. The Bertz CT molecular complexity index is 1600. The Kier molecular flexibility index (Phi) is 11.7. The van der Waals surface area contributed by atoms with Crippen molar-refractivity contribution >= 4 is 45.3 Å². The molecular weight excluding hydrogens is 702 g/mol. The van der Waals surface area contributed by atoms with Gasteiger partial charge in [-0.15, -0.1) is 13.2 Å². The number of esters is 1. The molecule has 0 aliphatic carbocycles. The highest BCUT2D eigenvalue weighted by molar-refractivity contribution is 9.09. The normalized spacial score (nSPS) is 26.3. The molecule has 0 saturated carbocycles. The van der Waals surface area contributed by atoms with Crippen molar-refractivity contribution in [1.82, 2.24) is 10.2 Å². The van der Waals surface area contributed by atoms with Gasteiger partial charge in [-0.05, 0) is 49.3 Å². The van der Waals surface area contributed by atoms with Crippen molar-refractivity contribution in [2.75, 3.05) is 24.6 Å². The van der Waals surface area contributed by atoms with E-state index in [1.165, 1.54) is 4.90 Å². The van der Waals surface area contributed by atoms with Crippen molar-refractivity contribution in [1.29, 1.82) is 0 Å². The van der Waals surface area contributed by atoms with Crippen LogP contribution in [0.4, 0.5) is 5.69 Å². The molecule has 2 aromatic carbocycles. The lowest BCUT2D eigenvalue weighted by atomic mass is 9.70. The molecule has 3 saturated heterocycles. The van der Waals surface area contributed by atoms with Crippen LogP contribution in [0.2, 0.25) is 0 Å². The van der Waals surface area contributed by atoms with Crippen LogP contribution in [0.1, 0.15) is 55.9 Å². The van der Waals surface area contributed by atoms with E-state index in [1.54, 1.807) is 17.1 Å². The number of allylic oxidation sites excluding steroid dienone is 1. The minimum atomic E-state index is -1.36. The molecule has 3 heterocycles. The van der Waals surface area contributed by atoms with E-state index in [2.05, 4.69) is 34.4 Å². The van der Waals surface area contributed by atoms with E-state index >= 15 is 4.79 Å². The molecule has 2 aromatic rings. The van der Waals surface area contributed by atoms with Gasteiger partial charge in [-0.25, -0.2) is 0 Å². The van der Waals surface area contributed by atoms with Crippen LogP contribution in [-0.4, -0.2) is 82.0 Å². The number of carbonyl (C=O) groups excluding carboxylic acids is 4. The van der Waals surface area contributed by atoms with Crippen LogP contribution in [0.25, 0.3) is 0 Å². The maximum atomic E-state index is 15.1. The van der Waals surface area contributed by atoms with Crippen LogP contribution in [0.5, 0.6) is 0 Å². The van der Waals surface area contributed by atoms with Crippen LogP contribution in [-0.2, 0) is 28.7 Å². The van der Waals surface area contributed by atoms with E-state index in [0.717, 1.165) is 16.8 Å². The highest BCUT2D eigenvalue weighted by atomic mass is 79.9. The van der Waals surface area contributed by atoms with E-state index in [0.29, 0.717) is 18.4 Å². The number of nitrogens with one attached hydrogen (secondary N) is 1. The summed E-state index contributed by atoms with van der Waals surface area (Å²) in [6.07, 6.45) is 2.79. The third-order valence-electron chi connectivity index (χ3n) is 10.3. The molecule has 268 valence electrons. The molecule has 1 unspecified atom stereocenters. The number of fused-ring (bicyclic) bond motifs is 1. The quantitative estimate of drug-likeness (QED) is 0.150. The van der Waals surface area contributed by atoms with Gasteiger partial charge in [0.2, 0.25) is 11.8 Å². The summed E-state index contributed by atoms with van der Waals surface area (Å²) in [5.41, 5.74) is 1.80. The van der Waals surface area contributed by atoms with Gasteiger partial charge in [0, 0.05) is 23.5 Å². The molecule has 3 aliphatic rings. The van der Waals surface area contributed by atoms with E-state index in [9.17, 15) is 19.5 Å². The lowest BCUT2D eigenvalue weighted by Crippen LogP contribution is -2.60. The Morgan fingerprint density at radius 3 is 2.40 bits per heavy atom. The van der Waals surface area contributed by atoms with Crippen LogP contribution >= 0.6 is 15.9 Å². The monoisotopic (exact) mass is 749 g/mol. The van der Waals surface area contributed by atoms with E-state index in [-0.39, 0.29) is 48.7 Å². The summed E-state index contributed by atoms with van der Waals surface area (Å²) in [7, 11) is 0. The van der Waals surface area contributed by atoms with Gasteiger partial charge in [-0.2, -0.15) is 0 Å². The minimum absolute atomic E-state index is 0.0327. The number of nitrogens with zero attached hydrogens (tertiary/aromatic N) is 2. The molecule has 5 rings (SSSR count). The number of anilines is 1. The van der Waals surface area contributed by atoms with Crippen LogP contribution in [0, 0.1) is 31.6 Å². The summed E-state index contributed by atoms with van der Waals surface area (Å²) in [6, 6.07) is 13.1. The number of ether oxygens (including phenoxy) is 2. The summed E-state index contributed by atoms with van der Waals surface area (Å²) >= 11 is 3.74. The van der Waals surface area contributed by atoms with Crippen molar-refractivity contribution in [3.05, 3.63) is 90.5 Å². The van der Waals surface area contributed by atoms with Crippen molar-refractivity contribution in [3.8, 4) is 0 Å². The van der Waals surface area contributed by atoms with Crippen LogP contribution in [0.3, 0.4) is 0 Å². The van der Waals surface area contributed by atoms with Gasteiger partial charge in [-0.1, -0.05) is 90.5 Å². The summed E-state index contributed by atoms with van der Waals surface area (Å²) in [5, 5.41) is 13.5. The number of aryl methyl sites for hydroxylation is 2. The molecule has 10 nitrogen and oxygen atoms in total. The number of alkyl halides is 1. The average molecular weight is 751 g/mol. The summed E-state index contributed by atoms with van der Waals surface area (Å²) in [6.45, 7) is 15.1. The zero-order valence-electron chi connectivity index (χ0n) is 29.2. The Morgan fingerprint density at radius 2 is 1.80 bits per heavy atom. The maximum Gasteiger partial charge on any atom is 0.313 e. The third-order valence-corrected chi connectivity index (χ3v) is 11.2. The van der Waals surface area contributed by atoms with Gasteiger partial charge in [0.15, 0.2) is 0 Å². The largest absolute Gasteiger partial charge is 0.455 e. The molecule has 2 bridgehead atoms.